The largest absolute Gasteiger partial charge is 0.251 e. The maximum Gasteiger partial charge on any atom is 0.0703 e. The van der Waals surface area contributed by atoms with E-state index in [9.17, 15) is 0 Å². The van der Waals surface area contributed by atoms with Crippen LogP contribution >= 0.6 is 0 Å². The summed E-state index contributed by atoms with van der Waals surface area (Å²) in [6.45, 7) is 25.7. The van der Waals surface area contributed by atoms with E-state index in [2.05, 4.69) is 113 Å². The Morgan fingerprint density at radius 3 is 1.42 bits per heavy atom. The summed E-state index contributed by atoms with van der Waals surface area (Å²) in [5, 5.41) is 0. The SMILES string of the molecule is CC(C)c1cccc(C(C)C)c1N=C1C(=Nc2c(C(C)C)cccc2C(C)C)[C@@]2(C)CCC1C2(C)C. The lowest BCUT2D eigenvalue weighted by Gasteiger charge is -2.34. The number of fused-ring (bicyclic) bond motifs is 2. The highest BCUT2D eigenvalue weighted by Crippen LogP contribution is 2.64. The molecule has 0 aromatic heterocycles. The molecule has 2 bridgehead atoms. The molecule has 0 spiro atoms. The second kappa shape index (κ2) is 9.58. The zero-order chi connectivity index (χ0) is 26.6. The molecule has 2 aromatic rings. The van der Waals surface area contributed by atoms with Crippen molar-refractivity contribution in [3.8, 4) is 0 Å². The van der Waals surface area contributed by atoms with Gasteiger partial charge in [0.15, 0.2) is 0 Å². The second-order valence-corrected chi connectivity index (χ2v) is 13.3. The lowest BCUT2D eigenvalue weighted by Crippen LogP contribution is -2.33. The standard InChI is InChI=1S/C34H48N2/c1-20(2)24-14-12-15-25(21(3)4)29(24)35-31-28-18-19-34(11,33(28,9)10)32(31)36-30-26(22(5)6)16-13-17-27(30)23(7)8/h12-17,20-23,28H,18-19H2,1-11H3/t28?,34-/m1/s1. The summed E-state index contributed by atoms with van der Waals surface area (Å²) < 4.78 is 0. The van der Waals surface area contributed by atoms with Gasteiger partial charge in [-0.05, 0) is 64.2 Å². The van der Waals surface area contributed by atoms with E-state index in [1.165, 1.54) is 57.9 Å². The van der Waals surface area contributed by atoms with Crippen LogP contribution in [0.15, 0.2) is 46.4 Å². The molecule has 0 N–H and O–H groups in total. The molecule has 2 aromatic carbocycles. The van der Waals surface area contributed by atoms with Crippen LogP contribution in [-0.2, 0) is 0 Å². The van der Waals surface area contributed by atoms with Crippen LogP contribution in [0.2, 0.25) is 0 Å². The Balaban J connectivity index is 2.04. The van der Waals surface area contributed by atoms with Crippen LogP contribution in [0.3, 0.4) is 0 Å². The van der Waals surface area contributed by atoms with Gasteiger partial charge in [-0.25, -0.2) is 0 Å². The van der Waals surface area contributed by atoms with Crippen molar-refractivity contribution < 1.29 is 0 Å². The van der Waals surface area contributed by atoms with Gasteiger partial charge in [0.2, 0.25) is 0 Å². The van der Waals surface area contributed by atoms with E-state index < -0.39 is 0 Å². The van der Waals surface area contributed by atoms with E-state index in [0.29, 0.717) is 29.6 Å². The van der Waals surface area contributed by atoms with Crippen LogP contribution in [0, 0.1) is 16.7 Å². The zero-order valence-electron chi connectivity index (χ0n) is 24.7. The lowest BCUT2D eigenvalue weighted by molar-refractivity contribution is 0.208. The zero-order valence-corrected chi connectivity index (χ0v) is 24.7. The van der Waals surface area contributed by atoms with E-state index in [1.54, 1.807) is 0 Å². The van der Waals surface area contributed by atoms with Crippen molar-refractivity contribution in [3.63, 3.8) is 0 Å². The molecule has 2 atom stereocenters. The van der Waals surface area contributed by atoms with Crippen molar-refractivity contribution in [2.24, 2.45) is 26.7 Å². The molecule has 1 unspecified atom stereocenters. The first-order chi connectivity index (χ1) is 16.8. The number of hydrogen-bond donors (Lipinski definition) is 0. The summed E-state index contributed by atoms with van der Waals surface area (Å²) in [6.07, 6.45) is 2.39. The minimum Gasteiger partial charge on any atom is -0.251 e. The van der Waals surface area contributed by atoms with Crippen LogP contribution in [0.25, 0.3) is 0 Å². The summed E-state index contributed by atoms with van der Waals surface area (Å²) >= 11 is 0. The molecule has 0 radical (unpaired) electrons. The normalized spacial score (nSPS) is 25.5. The molecule has 2 fully saturated rings. The smallest absolute Gasteiger partial charge is 0.0703 e. The van der Waals surface area contributed by atoms with Crippen molar-refractivity contribution in [2.75, 3.05) is 0 Å². The van der Waals surface area contributed by atoms with E-state index in [-0.39, 0.29) is 10.8 Å². The summed E-state index contributed by atoms with van der Waals surface area (Å²) in [5.74, 6) is 2.16. The molecule has 2 aliphatic rings. The number of para-hydroxylation sites is 2. The minimum atomic E-state index is 0.0274. The third-order valence-electron chi connectivity index (χ3n) is 9.46. The number of nitrogens with zero attached hydrogens (tertiary/aromatic N) is 2. The first kappa shape index (κ1) is 26.8. The van der Waals surface area contributed by atoms with Crippen LogP contribution in [0.4, 0.5) is 11.4 Å². The molecule has 194 valence electrons. The molecule has 0 heterocycles. The number of aliphatic imine (C=N–C) groups is 2. The summed E-state index contributed by atoms with van der Waals surface area (Å²) in [5.41, 5.74) is 10.4. The first-order valence-electron chi connectivity index (χ1n) is 14.2. The monoisotopic (exact) mass is 484 g/mol. The molecule has 0 saturated heterocycles. The molecule has 2 nitrogen and oxygen atoms in total. The first-order valence-corrected chi connectivity index (χ1v) is 14.2. The van der Waals surface area contributed by atoms with Gasteiger partial charge in [0.1, 0.15) is 0 Å². The molecule has 0 amide bonds. The lowest BCUT2D eigenvalue weighted by atomic mass is 9.70. The Morgan fingerprint density at radius 1 is 0.639 bits per heavy atom. The molecule has 36 heavy (non-hydrogen) atoms. The third-order valence-corrected chi connectivity index (χ3v) is 9.46. The quantitative estimate of drug-likeness (QED) is 0.389. The van der Waals surface area contributed by atoms with Crippen molar-refractivity contribution in [3.05, 3.63) is 58.7 Å². The maximum atomic E-state index is 5.66. The Labute approximate surface area is 220 Å². The van der Waals surface area contributed by atoms with Crippen LogP contribution in [0.5, 0.6) is 0 Å². The second-order valence-electron chi connectivity index (χ2n) is 13.3. The van der Waals surface area contributed by atoms with Gasteiger partial charge in [0.25, 0.3) is 0 Å². The van der Waals surface area contributed by atoms with Crippen molar-refractivity contribution >= 4 is 22.8 Å². The van der Waals surface area contributed by atoms with E-state index >= 15 is 0 Å². The number of hydrogen-bond acceptors (Lipinski definition) is 2. The molecular weight excluding hydrogens is 436 g/mol. The predicted octanol–water partition coefficient (Wildman–Crippen LogP) is 10.5. The molecule has 4 rings (SSSR count). The van der Waals surface area contributed by atoms with Gasteiger partial charge in [0.05, 0.1) is 22.8 Å². The summed E-state index contributed by atoms with van der Waals surface area (Å²) in [7, 11) is 0. The molecular formula is C34H48N2. The summed E-state index contributed by atoms with van der Waals surface area (Å²) in [6, 6.07) is 13.5. The fourth-order valence-corrected chi connectivity index (χ4v) is 6.68. The highest BCUT2D eigenvalue weighted by atomic mass is 14.9. The van der Waals surface area contributed by atoms with Gasteiger partial charge < -0.3 is 0 Å². The van der Waals surface area contributed by atoms with Crippen LogP contribution in [0.1, 0.15) is 135 Å². The van der Waals surface area contributed by atoms with E-state index in [4.69, 9.17) is 9.98 Å². The van der Waals surface area contributed by atoms with Crippen molar-refractivity contribution in [1.82, 2.24) is 0 Å². The van der Waals surface area contributed by atoms with Gasteiger partial charge in [-0.15, -0.1) is 0 Å². The maximum absolute atomic E-state index is 5.66. The molecule has 0 aliphatic heterocycles. The van der Waals surface area contributed by atoms with Crippen molar-refractivity contribution in [1.29, 1.82) is 0 Å². The van der Waals surface area contributed by atoms with Crippen molar-refractivity contribution in [2.45, 2.75) is 113 Å². The number of rotatable bonds is 6. The topological polar surface area (TPSA) is 24.7 Å². The average molecular weight is 485 g/mol. The molecule has 2 saturated carbocycles. The van der Waals surface area contributed by atoms with Gasteiger partial charge in [-0.2, -0.15) is 0 Å². The minimum absolute atomic E-state index is 0.0274. The highest BCUT2D eigenvalue weighted by Gasteiger charge is 2.63. The Kier molecular flexibility index (Phi) is 7.14. The van der Waals surface area contributed by atoms with Crippen LogP contribution in [-0.4, -0.2) is 11.4 Å². The Hall–Kier alpha value is -2.22. The van der Waals surface area contributed by atoms with E-state index in [0.717, 1.165) is 0 Å². The van der Waals surface area contributed by atoms with Gasteiger partial charge in [-0.3, -0.25) is 9.98 Å². The number of benzene rings is 2. The fraction of sp³-hybridized carbons (Fsp3) is 0.588. The third kappa shape index (κ3) is 4.19. The Bertz CT molecular complexity index is 1140. The fourth-order valence-electron chi connectivity index (χ4n) is 6.68. The van der Waals surface area contributed by atoms with Crippen LogP contribution < -0.4 is 0 Å². The van der Waals surface area contributed by atoms with Gasteiger partial charge in [0, 0.05) is 11.3 Å². The summed E-state index contributed by atoms with van der Waals surface area (Å²) in [4.78, 5) is 11.3. The highest BCUT2D eigenvalue weighted by molar-refractivity contribution is 6.48. The molecule has 2 aliphatic carbocycles. The van der Waals surface area contributed by atoms with E-state index in [1.807, 2.05) is 0 Å². The molecule has 2 heteroatoms. The van der Waals surface area contributed by atoms with Gasteiger partial charge in [-0.1, -0.05) is 113 Å². The predicted molar refractivity (Wildman–Crippen MR) is 158 cm³/mol. The average Bonchev–Trinajstić information content (AvgIpc) is 3.11. The van der Waals surface area contributed by atoms with Gasteiger partial charge >= 0.3 is 0 Å². The Morgan fingerprint density at radius 2 is 1.03 bits per heavy atom.